The number of amides is 2. The lowest BCUT2D eigenvalue weighted by molar-refractivity contribution is 0.0952. The van der Waals surface area contributed by atoms with E-state index < -0.39 is 0 Å². The van der Waals surface area contributed by atoms with Gasteiger partial charge in [-0.05, 0) is 49.3 Å². The molecule has 2 aliphatic rings. The molecule has 2 saturated carbocycles. The molecule has 2 aliphatic carbocycles. The molecule has 2 fully saturated rings. The Morgan fingerprint density at radius 2 is 1.79 bits per heavy atom. The van der Waals surface area contributed by atoms with E-state index in [9.17, 15) is 9.59 Å². The highest BCUT2D eigenvalue weighted by Gasteiger charge is 2.26. The lowest BCUT2D eigenvalue weighted by Crippen LogP contribution is -2.26. The van der Waals surface area contributed by atoms with Crippen molar-refractivity contribution in [1.82, 2.24) is 15.5 Å². The predicted molar refractivity (Wildman–Crippen MR) is 90.1 cm³/mol. The molecule has 4 rings (SSSR count). The Morgan fingerprint density at radius 3 is 2.42 bits per heavy atom. The van der Waals surface area contributed by atoms with Gasteiger partial charge in [-0.3, -0.25) is 14.7 Å². The van der Waals surface area contributed by atoms with E-state index in [1.165, 1.54) is 31.0 Å². The standard InChI is InChI=1S/C18H20N4O2/c23-17(13-6-4-12(5-7-13)11-2-1-3-11)21-16-15(10-19-22-16)18(24)20-14-8-9-14/h4-7,10-11,14H,1-3,8-9H2,(H,20,24)(H2,19,21,22,23). The van der Waals surface area contributed by atoms with E-state index in [-0.39, 0.29) is 17.9 Å². The smallest absolute Gasteiger partial charge is 0.256 e. The maximum atomic E-state index is 12.4. The minimum absolute atomic E-state index is 0.207. The number of hydrogen-bond acceptors (Lipinski definition) is 3. The Kier molecular flexibility index (Phi) is 3.80. The Balaban J connectivity index is 1.43. The molecule has 3 N–H and O–H groups in total. The third-order valence-electron chi connectivity index (χ3n) is 4.78. The van der Waals surface area contributed by atoms with Crippen molar-refractivity contribution in [1.29, 1.82) is 0 Å². The second-order valence-corrected chi connectivity index (χ2v) is 6.61. The van der Waals surface area contributed by atoms with Gasteiger partial charge < -0.3 is 10.6 Å². The van der Waals surface area contributed by atoms with Gasteiger partial charge in [0.05, 0.1) is 6.20 Å². The van der Waals surface area contributed by atoms with E-state index in [4.69, 9.17) is 0 Å². The SMILES string of the molecule is O=C(Nc1[nH]ncc1C(=O)NC1CC1)c1ccc(C2CCC2)cc1. The summed E-state index contributed by atoms with van der Waals surface area (Å²) in [5.41, 5.74) is 2.23. The average Bonchev–Trinajstić information content (AvgIpc) is 3.22. The van der Waals surface area contributed by atoms with Crippen LogP contribution in [0.5, 0.6) is 0 Å². The Labute approximate surface area is 140 Å². The van der Waals surface area contributed by atoms with E-state index in [1.54, 1.807) is 0 Å². The van der Waals surface area contributed by atoms with Crippen LogP contribution in [0, 0.1) is 0 Å². The molecule has 6 nitrogen and oxygen atoms in total. The summed E-state index contributed by atoms with van der Waals surface area (Å²) in [6, 6.07) is 7.97. The van der Waals surface area contributed by atoms with Crippen LogP contribution in [0.1, 0.15) is 64.3 Å². The third kappa shape index (κ3) is 3.04. The Morgan fingerprint density at radius 1 is 1.04 bits per heavy atom. The number of nitrogens with one attached hydrogen (secondary N) is 3. The number of anilines is 1. The molecule has 0 atom stereocenters. The highest BCUT2D eigenvalue weighted by Crippen LogP contribution is 2.36. The van der Waals surface area contributed by atoms with Crippen LogP contribution >= 0.6 is 0 Å². The molecular weight excluding hydrogens is 304 g/mol. The minimum Gasteiger partial charge on any atom is -0.349 e. The average molecular weight is 324 g/mol. The van der Waals surface area contributed by atoms with Gasteiger partial charge in [0.15, 0.2) is 0 Å². The molecule has 1 aromatic heterocycles. The van der Waals surface area contributed by atoms with Crippen molar-refractivity contribution in [3.8, 4) is 0 Å². The van der Waals surface area contributed by atoms with Gasteiger partial charge in [-0.1, -0.05) is 18.6 Å². The highest BCUT2D eigenvalue weighted by atomic mass is 16.2. The van der Waals surface area contributed by atoms with Crippen molar-refractivity contribution in [2.75, 3.05) is 5.32 Å². The molecule has 124 valence electrons. The molecule has 2 amide bonds. The van der Waals surface area contributed by atoms with Crippen molar-refractivity contribution < 1.29 is 9.59 Å². The summed E-state index contributed by atoms with van der Waals surface area (Å²) in [6.45, 7) is 0. The first-order valence-electron chi connectivity index (χ1n) is 8.46. The molecule has 0 spiro atoms. The fraction of sp³-hybridized carbons (Fsp3) is 0.389. The molecule has 0 bridgehead atoms. The largest absolute Gasteiger partial charge is 0.349 e. The second kappa shape index (κ2) is 6.11. The first kappa shape index (κ1) is 14.9. The van der Waals surface area contributed by atoms with Gasteiger partial charge in [0.1, 0.15) is 11.4 Å². The van der Waals surface area contributed by atoms with Crippen LogP contribution in [0.2, 0.25) is 0 Å². The van der Waals surface area contributed by atoms with Crippen LogP contribution < -0.4 is 10.6 Å². The van der Waals surface area contributed by atoms with Crippen molar-refractivity contribution in [3.05, 3.63) is 47.2 Å². The van der Waals surface area contributed by atoms with E-state index >= 15 is 0 Å². The molecule has 1 aromatic carbocycles. The van der Waals surface area contributed by atoms with Gasteiger partial charge >= 0.3 is 0 Å². The fourth-order valence-corrected chi connectivity index (χ4v) is 2.88. The number of H-pyrrole nitrogens is 1. The first-order chi connectivity index (χ1) is 11.7. The number of nitrogens with zero attached hydrogens (tertiary/aromatic N) is 1. The van der Waals surface area contributed by atoms with Crippen molar-refractivity contribution >= 4 is 17.6 Å². The second-order valence-electron chi connectivity index (χ2n) is 6.61. The molecule has 2 aromatic rings. The lowest BCUT2D eigenvalue weighted by Gasteiger charge is -2.25. The maximum absolute atomic E-state index is 12.4. The Bertz CT molecular complexity index is 758. The molecule has 0 aliphatic heterocycles. The number of carbonyl (C=O) groups excluding carboxylic acids is 2. The van der Waals surface area contributed by atoms with Crippen LogP contribution in [0.25, 0.3) is 0 Å². The van der Waals surface area contributed by atoms with Crippen molar-refractivity contribution in [2.45, 2.75) is 44.1 Å². The van der Waals surface area contributed by atoms with Gasteiger partial charge in [0.2, 0.25) is 0 Å². The summed E-state index contributed by atoms with van der Waals surface area (Å²) in [5, 5.41) is 12.2. The quantitative estimate of drug-likeness (QED) is 0.790. The zero-order valence-corrected chi connectivity index (χ0v) is 13.3. The van der Waals surface area contributed by atoms with Crippen LogP contribution in [0.3, 0.4) is 0 Å². The molecule has 0 radical (unpaired) electrons. The molecule has 0 saturated heterocycles. The monoisotopic (exact) mass is 324 g/mol. The van der Waals surface area contributed by atoms with Gasteiger partial charge in [0, 0.05) is 11.6 Å². The summed E-state index contributed by atoms with van der Waals surface area (Å²) in [4.78, 5) is 24.5. The Hall–Kier alpha value is -2.63. The minimum atomic E-state index is -0.250. The summed E-state index contributed by atoms with van der Waals surface area (Å²) in [7, 11) is 0. The number of aromatic nitrogens is 2. The summed E-state index contributed by atoms with van der Waals surface area (Å²) in [6.07, 6.45) is 7.22. The lowest BCUT2D eigenvalue weighted by atomic mass is 9.80. The summed E-state index contributed by atoms with van der Waals surface area (Å²) in [5.74, 6) is 0.524. The van der Waals surface area contributed by atoms with Crippen molar-refractivity contribution in [3.63, 3.8) is 0 Å². The zero-order chi connectivity index (χ0) is 16.5. The van der Waals surface area contributed by atoms with E-state index in [0.717, 1.165) is 12.8 Å². The van der Waals surface area contributed by atoms with E-state index in [1.807, 2.05) is 24.3 Å². The van der Waals surface area contributed by atoms with Gasteiger partial charge in [-0.15, -0.1) is 0 Å². The van der Waals surface area contributed by atoms with Gasteiger partial charge in [-0.25, -0.2) is 0 Å². The predicted octanol–water partition coefficient (Wildman–Crippen LogP) is 2.82. The van der Waals surface area contributed by atoms with Gasteiger partial charge in [-0.2, -0.15) is 5.10 Å². The molecule has 0 unspecified atom stereocenters. The number of aromatic amines is 1. The third-order valence-corrected chi connectivity index (χ3v) is 4.78. The first-order valence-corrected chi connectivity index (χ1v) is 8.46. The van der Waals surface area contributed by atoms with Crippen molar-refractivity contribution in [2.24, 2.45) is 0 Å². The summed E-state index contributed by atoms with van der Waals surface area (Å²) < 4.78 is 0. The van der Waals surface area contributed by atoms with Crippen LogP contribution in [0.15, 0.2) is 30.5 Å². The van der Waals surface area contributed by atoms with Crippen LogP contribution in [0.4, 0.5) is 5.82 Å². The zero-order valence-electron chi connectivity index (χ0n) is 13.3. The number of carbonyl (C=O) groups is 2. The fourth-order valence-electron chi connectivity index (χ4n) is 2.88. The van der Waals surface area contributed by atoms with E-state index in [0.29, 0.717) is 22.9 Å². The number of benzene rings is 1. The maximum Gasteiger partial charge on any atom is 0.256 e. The topological polar surface area (TPSA) is 86.9 Å². The van der Waals surface area contributed by atoms with Gasteiger partial charge in [0.25, 0.3) is 11.8 Å². The molecule has 24 heavy (non-hydrogen) atoms. The van der Waals surface area contributed by atoms with E-state index in [2.05, 4.69) is 20.8 Å². The van der Waals surface area contributed by atoms with Crippen LogP contribution in [-0.4, -0.2) is 28.1 Å². The highest BCUT2D eigenvalue weighted by molar-refractivity contribution is 6.08. The normalized spacial score (nSPS) is 17.2. The van der Waals surface area contributed by atoms with Crippen LogP contribution in [-0.2, 0) is 0 Å². The number of hydrogen-bond donors (Lipinski definition) is 3. The molecular formula is C18H20N4O2. The number of rotatable bonds is 5. The summed E-state index contributed by atoms with van der Waals surface area (Å²) >= 11 is 0. The molecule has 6 heteroatoms. The molecule has 1 heterocycles.